The highest BCUT2D eigenvalue weighted by Crippen LogP contribution is 2.23. The molecule has 1 fully saturated rings. The van der Waals surface area contributed by atoms with Gasteiger partial charge in [0.15, 0.2) is 6.29 Å². The van der Waals surface area contributed by atoms with Gasteiger partial charge in [0.05, 0.1) is 6.10 Å². The van der Waals surface area contributed by atoms with Gasteiger partial charge in [-0.2, -0.15) is 0 Å². The molecule has 0 radical (unpaired) electrons. The topological polar surface area (TPSA) is 38.7 Å². The second-order valence-corrected chi connectivity index (χ2v) is 2.95. The van der Waals surface area contributed by atoms with Crippen molar-refractivity contribution in [2.45, 2.75) is 44.7 Å². The summed E-state index contributed by atoms with van der Waals surface area (Å²) in [6.07, 6.45) is 2.18. The van der Waals surface area contributed by atoms with E-state index in [1.165, 1.54) is 0 Å². The van der Waals surface area contributed by atoms with E-state index in [-0.39, 0.29) is 6.10 Å². The highest BCUT2D eigenvalue weighted by molar-refractivity contribution is 4.75. The molecule has 1 N–H and O–H groups in total. The first kappa shape index (κ1) is 8.97. The van der Waals surface area contributed by atoms with E-state index in [0.717, 1.165) is 12.8 Å². The van der Waals surface area contributed by atoms with Crippen LogP contribution in [0.15, 0.2) is 0 Å². The van der Waals surface area contributed by atoms with E-state index in [4.69, 9.17) is 9.47 Å². The van der Waals surface area contributed by atoms with Crippen molar-refractivity contribution in [2.24, 2.45) is 0 Å². The van der Waals surface area contributed by atoms with E-state index in [1.807, 2.05) is 0 Å². The van der Waals surface area contributed by atoms with Crippen LogP contribution < -0.4 is 0 Å². The average molecular weight is 160 g/mol. The van der Waals surface area contributed by atoms with Crippen LogP contribution in [0.5, 0.6) is 0 Å². The maximum absolute atomic E-state index is 9.34. The van der Waals surface area contributed by atoms with E-state index in [0.29, 0.717) is 6.42 Å². The molecule has 0 aliphatic carbocycles. The van der Waals surface area contributed by atoms with Crippen molar-refractivity contribution < 1.29 is 14.6 Å². The van der Waals surface area contributed by atoms with Gasteiger partial charge < -0.3 is 14.6 Å². The predicted molar refractivity (Wildman–Crippen MR) is 41.2 cm³/mol. The summed E-state index contributed by atoms with van der Waals surface area (Å²) in [5, 5.41) is 9.34. The monoisotopic (exact) mass is 160 g/mol. The first-order valence-corrected chi connectivity index (χ1v) is 4.14. The Kier molecular flexibility index (Phi) is 3.30. The quantitative estimate of drug-likeness (QED) is 0.667. The third-order valence-electron chi connectivity index (χ3n) is 1.99. The van der Waals surface area contributed by atoms with Crippen LogP contribution in [0, 0.1) is 0 Å². The van der Waals surface area contributed by atoms with Crippen molar-refractivity contribution in [1.29, 1.82) is 0 Å². The molecule has 1 heterocycles. The molecule has 3 atom stereocenters. The summed E-state index contributed by atoms with van der Waals surface area (Å²) in [5.41, 5.74) is 0. The van der Waals surface area contributed by atoms with Crippen molar-refractivity contribution in [3.8, 4) is 0 Å². The van der Waals surface area contributed by atoms with Gasteiger partial charge in [-0.3, -0.25) is 0 Å². The molecule has 1 aliphatic rings. The molecule has 66 valence electrons. The van der Waals surface area contributed by atoms with Gasteiger partial charge in [0.1, 0.15) is 6.10 Å². The molecule has 1 saturated heterocycles. The van der Waals surface area contributed by atoms with Gasteiger partial charge in [0.2, 0.25) is 0 Å². The summed E-state index contributed by atoms with van der Waals surface area (Å²) in [6, 6.07) is 0. The largest absolute Gasteiger partial charge is 0.388 e. The van der Waals surface area contributed by atoms with E-state index in [9.17, 15) is 5.11 Å². The van der Waals surface area contributed by atoms with Crippen molar-refractivity contribution in [2.75, 3.05) is 7.11 Å². The van der Waals surface area contributed by atoms with E-state index < -0.39 is 12.4 Å². The van der Waals surface area contributed by atoms with Crippen LogP contribution in [-0.4, -0.2) is 30.7 Å². The maximum atomic E-state index is 9.34. The predicted octanol–water partition coefficient (Wildman–Crippen LogP) is 0.909. The number of aliphatic hydroxyl groups is 1. The number of hydrogen-bond acceptors (Lipinski definition) is 3. The minimum absolute atomic E-state index is 0.194. The molecule has 3 heteroatoms. The normalized spacial score (nSPS) is 37.9. The zero-order valence-corrected chi connectivity index (χ0v) is 7.12. The van der Waals surface area contributed by atoms with Crippen LogP contribution in [-0.2, 0) is 9.47 Å². The summed E-state index contributed by atoms with van der Waals surface area (Å²) in [6.45, 7) is 2.11. The van der Waals surface area contributed by atoms with Gasteiger partial charge in [-0.05, 0) is 6.42 Å². The lowest BCUT2D eigenvalue weighted by Crippen LogP contribution is -2.22. The van der Waals surface area contributed by atoms with Gasteiger partial charge in [0, 0.05) is 13.5 Å². The van der Waals surface area contributed by atoms with Crippen LogP contribution in [0.1, 0.15) is 26.2 Å². The molecule has 0 aromatic carbocycles. The molecule has 0 amide bonds. The minimum atomic E-state index is -0.434. The van der Waals surface area contributed by atoms with E-state index in [1.54, 1.807) is 7.11 Å². The Hall–Kier alpha value is -0.120. The zero-order valence-electron chi connectivity index (χ0n) is 7.12. The highest BCUT2D eigenvalue weighted by atomic mass is 16.7. The SMILES string of the molecule is CCC[C@H]1C[C@@H](O)[C@H](OC)O1. The Labute approximate surface area is 67.3 Å². The number of hydrogen-bond donors (Lipinski definition) is 1. The molecular formula is C8H16O3. The van der Waals surface area contributed by atoms with Gasteiger partial charge in [-0.25, -0.2) is 0 Å². The maximum Gasteiger partial charge on any atom is 0.183 e. The Morgan fingerprint density at radius 2 is 2.36 bits per heavy atom. The lowest BCUT2D eigenvalue weighted by molar-refractivity contribution is -0.148. The number of ether oxygens (including phenoxy) is 2. The van der Waals surface area contributed by atoms with Crippen molar-refractivity contribution in [1.82, 2.24) is 0 Å². The minimum Gasteiger partial charge on any atom is -0.388 e. The van der Waals surface area contributed by atoms with Crippen molar-refractivity contribution in [3.05, 3.63) is 0 Å². The number of rotatable bonds is 3. The molecule has 0 bridgehead atoms. The Morgan fingerprint density at radius 1 is 1.64 bits per heavy atom. The van der Waals surface area contributed by atoms with Gasteiger partial charge >= 0.3 is 0 Å². The summed E-state index contributed by atoms with van der Waals surface area (Å²) in [5.74, 6) is 0. The summed E-state index contributed by atoms with van der Waals surface area (Å²) in [4.78, 5) is 0. The van der Waals surface area contributed by atoms with E-state index >= 15 is 0 Å². The number of aliphatic hydroxyl groups excluding tert-OH is 1. The van der Waals surface area contributed by atoms with Crippen LogP contribution in [0.3, 0.4) is 0 Å². The van der Waals surface area contributed by atoms with Gasteiger partial charge in [-0.15, -0.1) is 0 Å². The Bertz CT molecular complexity index is 116. The highest BCUT2D eigenvalue weighted by Gasteiger charge is 2.32. The second-order valence-electron chi connectivity index (χ2n) is 2.95. The van der Waals surface area contributed by atoms with Gasteiger partial charge in [0.25, 0.3) is 0 Å². The Balaban J connectivity index is 2.30. The molecule has 3 nitrogen and oxygen atoms in total. The van der Waals surface area contributed by atoms with E-state index in [2.05, 4.69) is 6.92 Å². The lowest BCUT2D eigenvalue weighted by atomic mass is 10.1. The standard InChI is InChI=1S/C8H16O3/c1-3-4-6-5-7(9)8(10-2)11-6/h6-9H,3-5H2,1-2H3/t6-,7+,8+/m0/s1. The molecule has 11 heavy (non-hydrogen) atoms. The first-order valence-electron chi connectivity index (χ1n) is 4.14. The smallest absolute Gasteiger partial charge is 0.183 e. The molecule has 0 unspecified atom stereocenters. The molecule has 1 rings (SSSR count). The second kappa shape index (κ2) is 4.04. The average Bonchev–Trinajstić information content (AvgIpc) is 2.32. The van der Waals surface area contributed by atoms with Crippen molar-refractivity contribution in [3.63, 3.8) is 0 Å². The fraction of sp³-hybridized carbons (Fsp3) is 1.00. The summed E-state index contributed by atoms with van der Waals surface area (Å²) in [7, 11) is 1.56. The fourth-order valence-electron chi connectivity index (χ4n) is 1.44. The summed E-state index contributed by atoms with van der Waals surface area (Å²) < 4.78 is 10.3. The number of methoxy groups -OCH3 is 1. The zero-order chi connectivity index (χ0) is 8.27. The molecular weight excluding hydrogens is 144 g/mol. The van der Waals surface area contributed by atoms with Crippen LogP contribution in [0.25, 0.3) is 0 Å². The third kappa shape index (κ3) is 2.15. The van der Waals surface area contributed by atoms with Crippen LogP contribution in [0.2, 0.25) is 0 Å². The molecule has 1 aliphatic heterocycles. The fourth-order valence-corrected chi connectivity index (χ4v) is 1.44. The van der Waals surface area contributed by atoms with Crippen molar-refractivity contribution >= 4 is 0 Å². The molecule has 0 aromatic rings. The first-order chi connectivity index (χ1) is 5.27. The molecule has 0 spiro atoms. The Morgan fingerprint density at radius 3 is 2.82 bits per heavy atom. The summed E-state index contributed by atoms with van der Waals surface area (Å²) >= 11 is 0. The molecule has 0 saturated carbocycles. The third-order valence-corrected chi connectivity index (χ3v) is 1.99. The molecule has 0 aromatic heterocycles. The lowest BCUT2D eigenvalue weighted by Gasteiger charge is -2.11. The van der Waals surface area contributed by atoms with Crippen LogP contribution >= 0.6 is 0 Å². The van der Waals surface area contributed by atoms with Gasteiger partial charge in [-0.1, -0.05) is 13.3 Å². The van der Waals surface area contributed by atoms with Crippen LogP contribution in [0.4, 0.5) is 0 Å².